The highest BCUT2D eigenvalue weighted by molar-refractivity contribution is 5.95. The zero-order chi connectivity index (χ0) is 22.4. The van der Waals surface area contributed by atoms with Gasteiger partial charge in [-0.1, -0.05) is 36.4 Å². The summed E-state index contributed by atoms with van der Waals surface area (Å²) in [7, 11) is 1.46. The fourth-order valence-corrected chi connectivity index (χ4v) is 3.57. The molecule has 3 aromatic heterocycles. The maximum absolute atomic E-state index is 13.4. The van der Waals surface area contributed by atoms with E-state index in [9.17, 15) is 20.0 Å². The molecule has 0 aliphatic heterocycles. The van der Waals surface area contributed by atoms with Crippen molar-refractivity contribution in [3.63, 3.8) is 0 Å². The number of methoxy groups -OCH3 is 1. The zero-order valence-corrected chi connectivity index (χ0v) is 16.5. The predicted molar refractivity (Wildman–Crippen MR) is 112 cm³/mol. The Morgan fingerprint density at radius 2 is 1.94 bits per heavy atom. The minimum atomic E-state index is -1.44. The van der Waals surface area contributed by atoms with Crippen molar-refractivity contribution in [2.24, 2.45) is 0 Å². The molecule has 0 saturated heterocycles. The number of rotatable bonds is 4. The molecule has 2 aromatic carbocycles. The molecule has 0 bridgehead atoms. The van der Waals surface area contributed by atoms with Crippen LogP contribution in [0.4, 0.5) is 0 Å². The minimum Gasteiger partial charge on any atom is -0.494 e. The molecule has 0 radical (unpaired) electrons. The topological polar surface area (TPSA) is 147 Å². The molecule has 0 amide bonds. The molecule has 0 aliphatic rings. The van der Waals surface area contributed by atoms with Gasteiger partial charge in [-0.05, 0) is 17.7 Å². The summed E-state index contributed by atoms with van der Waals surface area (Å²) < 4.78 is 12.0. The van der Waals surface area contributed by atoms with Gasteiger partial charge < -0.3 is 14.3 Å². The summed E-state index contributed by atoms with van der Waals surface area (Å²) in [6, 6.07) is 15.7. The summed E-state index contributed by atoms with van der Waals surface area (Å²) in [5, 5.41) is 22.1. The van der Waals surface area contributed by atoms with E-state index >= 15 is 0 Å². The Bertz CT molecular complexity index is 1620. The third kappa shape index (κ3) is 2.73. The number of benzene rings is 2. The van der Waals surface area contributed by atoms with Crippen molar-refractivity contribution < 1.29 is 19.1 Å². The van der Waals surface area contributed by atoms with Crippen LogP contribution in [0.25, 0.3) is 39.3 Å². The molecule has 0 spiro atoms. The van der Waals surface area contributed by atoms with Crippen LogP contribution in [0.15, 0.2) is 57.7 Å². The monoisotopic (exact) mass is 427 g/mol. The lowest BCUT2D eigenvalue weighted by Crippen LogP contribution is -2.22. The Balaban J connectivity index is 1.87. The van der Waals surface area contributed by atoms with E-state index in [1.54, 1.807) is 48.5 Å². The normalized spacial score (nSPS) is 11.0. The molecule has 0 aliphatic carbocycles. The second-order valence-corrected chi connectivity index (χ2v) is 6.77. The highest BCUT2D eigenvalue weighted by Crippen LogP contribution is 2.31. The lowest BCUT2D eigenvalue weighted by atomic mass is 10.1. The number of fused-ring (bicyclic) bond motifs is 2. The number of aromatic nitrogens is 4. The van der Waals surface area contributed by atoms with E-state index < -0.39 is 17.2 Å². The molecule has 32 heavy (non-hydrogen) atoms. The van der Waals surface area contributed by atoms with Gasteiger partial charge in [0.25, 0.3) is 5.56 Å². The first-order valence-electron chi connectivity index (χ1n) is 9.35. The molecular formula is C22H13N5O5. The van der Waals surface area contributed by atoms with Gasteiger partial charge in [0.15, 0.2) is 22.4 Å². The van der Waals surface area contributed by atoms with Crippen LogP contribution in [0.2, 0.25) is 0 Å². The Hall–Kier alpha value is -4.91. The van der Waals surface area contributed by atoms with E-state index in [1.807, 2.05) is 6.07 Å². The molecular weight excluding hydrogens is 414 g/mol. The molecule has 0 fully saturated rings. The molecule has 10 heteroatoms. The van der Waals surface area contributed by atoms with Crippen molar-refractivity contribution in [2.45, 2.75) is 0 Å². The van der Waals surface area contributed by atoms with Crippen LogP contribution in [-0.2, 0) is 0 Å². The third-order valence-electron chi connectivity index (χ3n) is 4.97. The van der Waals surface area contributed by atoms with Crippen LogP contribution in [0.1, 0.15) is 16.2 Å². The van der Waals surface area contributed by atoms with Crippen LogP contribution in [0, 0.1) is 11.3 Å². The number of aromatic carboxylic acids is 1. The Morgan fingerprint density at radius 1 is 1.16 bits per heavy atom. The number of carboxylic acid groups (broad SMARTS) is 1. The summed E-state index contributed by atoms with van der Waals surface area (Å²) in [5.41, 5.74) is -0.0178. The first kappa shape index (κ1) is 19.1. The van der Waals surface area contributed by atoms with Crippen LogP contribution in [0.3, 0.4) is 0 Å². The summed E-state index contributed by atoms with van der Waals surface area (Å²) >= 11 is 0. The Morgan fingerprint density at radius 3 is 2.62 bits per heavy atom. The summed E-state index contributed by atoms with van der Waals surface area (Å²) in [6.07, 6.45) is 0. The number of hydrogen-bond acceptors (Lipinski definition) is 7. The van der Waals surface area contributed by atoms with Gasteiger partial charge in [0.2, 0.25) is 5.89 Å². The van der Waals surface area contributed by atoms with Crippen LogP contribution >= 0.6 is 0 Å². The van der Waals surface area contributed by atoms with Gasteiger partial charge in [-0.3, -0.25) is 9.89 Å². The molecule has 156 valence electrons. The Labute approximate surface area is 178 Å². The SMILES string of the molecule is COc1cccc2oc(-c3c(C(=O)O)nc4c(-c5ccccc5)c(C#N)[nH]n4c3=O)nc12. The summed E-state index contributed by atoms with van der Waals surface area (Å²) in [4.78, 5) is 34.0. The van der Waals surface area contributed by atoms with Crippen molar-refractivity contribution in [3.8, 4) is 34.4 Å². The van der Waals surface area contributed by atoms with Gasteiger partial charge >= 0.3 is 5.97 Å². The van der Waals surface area contributed by atoms with E-state index in [4.69, 9.17) is 9.15 Å². The average Bonchev–Trinajstić information content (AvgIpc) is 3.40. The first-order valence-corrected chi connectivity index (χ1v) is 9.35. The minimum absolute atomic E-state index is 0.00703. The van der Waals surface area contributed by atoms with Crippen molar-refractivity contribution in [2.75, 3.05) is 7.11 Å². The van der Waals surface area contributed by atoms with Gasteiger partial charge in [0.05, 0.1) is 12.7 Å². The fourth-order valence-electron chi connectivity index (χ4n) is 3.57. The Kier molecular flexibility index (Phi) is 4.23. The first-order chi connectivity index (χ1) is 15.5. The summed E-state index contributed by atoms with van der Waals surface area (Å²) in [6.45, 7) is 0. The molecule has 0 atom stereocenters. The van der Waals surface area contributed by atoms with Gasteiger partial charge in [0.1, 0.15) is 23.1 Å². The lowest BCUT2D eigenvalue weighted by Gasteiger charge is -2.04. The van der Waals surface area contributed by atoms with Gasteiger partial charge in [-0.2, -0.15) is 9.78 Å². The summed E-state index contributed by atoms with van der Waals surface area (Å²) in [5.74, 6) is -1.25. The van der Waals surface area contributed by atoms with E-state index in [2.05, 4.69) is 15.1 Å². The highest BCUT2D eigenvalue weighted by Gasteiger charge is 2.28. The molecule has 2 N–H and O–H groups in total. The van der Waals surface area contributed by atoms with Gasteiger partial charge in [-0.25, -0.2) is 14.8 Å². The van der Waals surface area contributed by atoms with Crippen LogP contribution < -0.4 is 10.3 Å². The smallest absolute Gasteiger partial charge is 0.355 e. The number of nitriles is 1. The third-order valence-corrected chi connectivity index (χ3v) is 4.97. The number of aromatic amines is 1. The zero-order valence-electron chi connectivity index (χ0n) is 16.5. The van der Waals surface area contributed by atoms with Crippen molar-refractivity contribution in [1.29, 1.82) is 5.26 Å². The fraction of sp³-hybridized carbons (Fsp3) is 0.0455. The number of para-hydroxylation sites is 1. The van der Waals surface area contributed by atoms with Gasteiger partial charge in [-0.15, -0.1) is 0 Å². The number of nitrogens with one attached hydrogen (secondary N) is 1. The number of carbonyl (C=O) groups is 1. The van der Waals surface area contributed by atoms with E-state index in [0.717, 1.165) is 4.52 Å². The van der Waals surface area contributed by atoms with Crippen LogP contribution in [-0.4, -0.2) is 37.8 Å². The molecule has 3 heterocycles. The second kappa shape index (κ2) is 7.10. The molecule has 10 nitrogen and oxygen atoms in total. The maximum Gasteiger partial charge on any atom is 0.355 e. The molecule has 5 rings (SSSR count). The van der Waals surface area contributed by atoms with E-state index in [-0.39, 0.29) is 22.8 Å². The number of H-pyrrole nitrogens is 1. The number of oxazole rings is 1. The second-order valence-electron chi connectivity index (χ2n) is 6.77. The van der Waals surface area contributed by atoms with Crippen molar-refractivity contribution in [1.82, 2.24) is 19.6 Å². The van der Waals surface area contributed by atoms with Crippen molar-refractivity contribution in [3.05, 3.63) is 70.3 Å². The van der Waals surface area contributed by atoms with E-state index in [0.29, 0.717) is 28.0 Å². The van der Waals surface area contributed by atoms with Gasteiger partial charge in [0, 0.05) is 0 Å². The quantitative estimate of drug-likeness (QED) is 0.445. The number of ether oxygens (including phenoxy) is 1. The highest BCUT2D eigenvalue weighted by atomic mass is 16.5. The maximum atomic E-state index is 13.4. The molecule has 5 aromatic rings. The number of nitrogens with zero attached hydrogens (tertiary/aromatic N) is 4. The standard InChI is InChI=1S/C22H13N5O5/c1-31-13-8-5-9-14-17(13)25-20(32-14)16-18(22(29)30)24-19-15(11-6-3-2-4-7-11)12(10-23)26-27(19)21(16)28/h2-9,26H,1H3,(H,29,30). The lowest BCUT2D eigenvalue weighted by molar-refractivity contribution is 0.0691. The largest absolute Gasteiger partial charge is 0.494 e. The van der Waals surface area contributed by atoms with E-state index in [1.165, 1.54) is 7.11 Å². The number of carboxylic acids is 1. The number of hydrogen-bond donors (Lipinski definition) is 2. The molecule has 0 unspecified atom stereocenters. The van der Waals surface area contributed by atoms with Crippen molar-refractivity contribution >= 4 is 22.7 Å². The average molecular weight is 427 g/mol. The predicted octanol–water partition coefficient (Wildman–Crippen LogP) is 3.08. The van der Waals surface area contributed by atoms with Crippen LogP contribution in [0.5, 0.6) is 5.75 Å². The molecule has 0 saturated carbocycles.